The SMILES string of the molecule is CNCC(C)=Cc1cccc(C)c1. The maximum Gasteiger partial charge on any atom is 0.0162 e. The summed E-state index contributed by atoms with van der Waals surface area (Å²) in [5, 5.41) is 3.13. The van der Waals surface area contributed by atoms with Crippen molar-refractivity contribution in [3.8, 4) is 0 Å². The van der Waals surface area contributed by atoms with E-state index in [1.54, 1.807) is 0 Å². The molecule has 13 heavy (non-hydrogen) atoms. The summed E-state index contributed by atoms with van der Waals surface area (Å²) in [6.45, 7) is 5.21. The van der Waals surface area contributed by atoms with Crippen molar-refractivity contribution >= 4 is 6.08 Å². The van der Waals surface area contributed by atoms with Gasteiger partial charge in [-0.1, -0.05) is 41.5 Å². The van der Waals surface area contributed by atoms with Crippen LogP contribution in [-0.2, 0) is 0 Å². The molecule has 0 bridgehead atoms. The third kappa shape index (κ3) is 3.43. The van der Waals surface area contributed by atoms with Crippen LogP contribution in [0, 0.1) is 6.92 Å². The Balaban J connectivity index is 2.78. The molecule has 0 atom stereocenters. The van der Waals surface area contributed by atoms with Crippen LogP contribution in [0.5, 0.6) is 0 Å². The second-order valence-electron chi connectivity index (χ2n) is 3.44. The van der Waals surface area contributed by atoms with Gasteiger partial charge in [-0.05, 0) is 26.5 Å². The third-order valence-electron chi connectivity index (χ3n) is 1.91. The lowest BCUT2D eigenvalue weighted by molar-refractivity contribution is 0.884. The van der Waals surface area contributed by atoms with Gasteiger partial charge >= 0.3 is 0 Å². The van der Waals surface area contributed by atoms with E-state index in [1.807, 2.05) is 7.05 Å². The molecule has 0 aliphatic carbocycles. The number of nitrogens with one attached hydrogen (secondary N) is 1. The molecule has 0 aliphatic rings. The summed E-state index contributed by atoms with van der Waals surface area (Å²) in [4.78, 5) is 0. The smallest absolute Gasteiger partial charge is 0.0162 e. The highest BCUT2D eigenvalue weighted by molar-refractivity contribution is 5.53. The van der Waals surface area contributed by atoms with Crippen molar-refractivity contribution in [1.82, 2.24) is 5.32 Å². The molecule has 0 radical (unpaired) electrons. The molecule has 1 nitrogen and oxygen atoms in total. The predicted octanol–water partition coefficient (Wildman–Crippen LogP) is 2.62. The fraction of sp³-hybridized carbons (Fsp3) is 0.333. The first-order valence-corrected chi connectivity index (χ1v) is 4.61. The van der Waals surface area contributed by atoms with Crippen LogP contribution < -0.4 is 5.32 Å². The topological polar surface area (TPSA) is 12.0 Å². The second kappa shape index (κ2) is 4.83. The molecule has 0 aliphatic heterocycles. The minimum absolute atomic E-state index is 0.952. The van der Waals surface area contributed by atoms with Gasteiger partial charge in [0.05, 0.1) is 0 Å². The van der Waals surface area contributed by atoms with Crippen molar-refractivity contribution in [2.24, 2.45) is 0 Å². The zero-order valence-electron chi connectivity index (χ0n) is 8.59. The zero-order valence-corrected chi connectivity index (χ0v) is 8.59. The molecule has 1 aromatic carbocycles. The standard InChI is InChI=1S/C12H17N/c1-10-5-4-6-12(7-10)8-11(2)9-13-3/h4-8,13H,9H2,1-3H3. The average molecular weight is 175 g/mol. The van der Waals surface area contributed by atoms with E-state index in [4.69, 9.17) is 0 Å². The number of rotatable bonds is 3. The van der Waals surface area contributed by atoms with Crippen molar-refractivity contribution < 1.29 is 0 Å². The van der Waals surface area contributed by atoms with Crippen LogP contribution in [-0.4, -0.2) is 13.6 Å². The minimum atomic E-state index is 0.952. The van der Waals surface area contributed by atoms with Gasteiger partial charge in [-0.15, -0.1) is 0 Å². The van der Waals surface area contributed by atoms with Crippen molar-refractivity contribution in [2.45, 2.75) is 13.8 Å². The Hall–Kier alpha value is -1.08. The lowest BCUT2D eigenvalue weighted by Crippen LogP contribution is -2.08. The molecule has 1 heteroatoms. The Labute approximate surface area is 80.5 Å². The highest BCUT2D eigenvalue weighted by atomic mass is 14.8. The Morgan fingerprint density at radius 1 is 1.46 bits per heavy atom. The predicted molar refractivity (Wildman–Crippen MR) is 58.8 cm³/mol. The van der Waals surface area contributed by atoms with Gasteiger partial charge in [-0.25, -0.2) is 0 Å². The van der Waals surface area contributed by atoms with Crippen LogP contribution >= 0.6 is 0 Å². The van der Waals surface area contributed by atoms with Crippen molar-refractivity contribution in [2.75, 3.05) is 13.6 Å². The molecule has 0 unspecified atom stereocenters. The molecular weight excluding hydrogens is 158 g/mol. The fourth-order valence-corrected chi connectivity index (χ4v) is 1.37. The van der Waals surface area contributed by atoms with Gasteiger partial charge in [-0.2, -0.15) is 0 Å². The molecule has 0 fully saturated rings. The number of aryl methyl sites for hydroxylation is 1. The molecule has 0 saturated carbocycles. The Morgan fingerprint density at radius 3 is 2.85 bits per heavy atom. The lowest BCUT2D eigenvalue weighted by atomic mass is 10.1. The molecule has 0 amide bonds. The van der Waals surface area contributed by atoms with Gasteiger partial charge < -0.3 is 5.32 Å². The summed E-state index contributed by atoms with van der Waals surface area (Å²) in [6, 6.07) is 8.53. The van der Waals surface area contributed by atoms with Gasteiger partial charge in [-0.3, -0.25) is 0 Å². The molecular formula is C12H17N. The highest BCUT2D eigenvalue weighted by Crippen LogP contribution is 2.08. The summed E-state index contributed by atoms with van der Waals surface area (Å²) in [5.74, 6) is 0. The van der Waals surface area contributed by atoms with Crippen LogP contribution in [0.25, 0.3) is 6.08 Å². The normalized spacial score (nSPS) is 11.8. The van der Waals surface area contributed by atoms with Gasteiger partial charge in [0.1, 0.15) is 0 Å². The van der Waals surface area contributed by atoms with Gasteiger partial charge in [0.25, 0.3) is 0 Å². The van der Waals surface area contributed by atoms with E-state index in [1.165, 1.54) is 16.7 Å². The van der Waals surface area contributed by atoms with Crippen molar-refractivity contribution in [1.29, 1.82) is 0 Å². The Morgan fingerprint density at radius 2 is 2.23 bits per heavy atom. The first-order valence-electron chi connectivity index (χ1n) is 4.61. The van der Waals surface area contributed by atoms with E-state index >= 15 is 0 Å². The van der Waals surface area contributed by atoms with Crippen LogP contribution in [0.3, 0.4) is 0 Å². The summed E-state index contributed by atoms with van der Waals surface area (Å²) < 4.78 is 0. The summed E-state index contributed by atoms with van der Waals surface area (Å²) in [5.41, 5.74) is 3.95. The minimum Gasteiger partial charge on any atom is -0.316 e. The Kier molecular flexibility index (Phi) is 3.71. The molecule has 0 heterocycles. The van der Waals surface area contributed by atoms with Crippen LogP contribution in [0.4, 0.5) is 0 Å². The van der Waals surface area contributed by atoms with E-state index in [2.05, 4.69) is 49.5 Å². The molecule has 0 saturated heterocycles. The van der Waals surface area contributed by atoms with E-state index in [0.29, 0.717) is 0 Å². The zero-order chi connectivity index (χ0) is 9.68. The largest absolute Gasteiger partial charge is 0.316 e. The lowest BCUT2D eigenvalue weighted by Gasteiger charge is -2.00. The Bertz CT molecular complexity index is 300. The quantitative estimate of drug-likeness (QED) is 0.744. The summed E-state index contributed by atoms with van der Waals surface area (Å²) in [6.07, 6.45) is 2.21. The first kappa shape index (κ1) is 10.0. The number of hydrogen-bond acceptors (Lipinski definition) is 1. The fourth-order valence-electron chi connectivity index (χ4n) is 1.37. The van der Waals surface area contributed by atoms with Crippen molar-refractivity contribution in [3.63, 3.8) is 0 Å². The monoisotopic (exact) mass is 175 g/mol. The number of likely N-dealkylation sites (N-methyl/N-ethyl adjacent to an activating group) is 1. The van der Waals surface area contributed by atoms with E-state index in [9.17, 15) is 0 Å². The maximum absolute atomic E-state index is 3.13. The second-order valence-corrected chi connectivity index (χ2v) is 3.44. The molecule has 1 N–H and O–H groups in total. The number of benzene rings is 1. The van der Waals surface area contributed by atoms with Gasteiger partial charge in [0.15, 0.2) is 0 Å². The molecule has 1 rings (SSSR count). The first-order chi connectivity index (χ1) is 6.22. The molecule has 1 aromatic rings. The highest BCUT2D eigenvalue weighted by Gasteiger charge is 1.90. The van der Waals surface area contributed by atoms with E-state index in [0.717, 1.165) is 6.54 Å². The van der Waals surface area contributed by atoms with Crippen molar-refractivity contribution in [3.05, 3.63) is 41.0 Å². The summed E-state index contributed by atoms with van der Waals surface area (Å²) in [7, 11) is 1.97. The van der Waals surface area contributed by atoms with Crippen LogP contribution in [0.15, 0.2) is 29.8 Å². The number of hydrogen-bond donors (Lipinski definition) is 1. The van der Waals surface area contributed by atoms with Gasteiger partial charge in [0.2, 0.25) is 0 Å². The molecule has 0 aromatic heterocycles. The van der Waals surface area contributed by atoms with Crippen LogP contribution in [0.2, 0.25) is 0 Å². The van der Waals surface area contributed by atoms with Crippen LogP contribution in [0.1, 0.15) is 18.1 Å². The molecule has 0 spiro atoms. The third-order valence-corrected chi connectivity index (χ3v) is 1.91. The summed E-state index contributed by atoms with van der Waals surface area (Å²) >= 11 is 0. The maximum atomic E-state index is 3.13. The van der Waals surface area contributed by atoms with E-state index < -0.39 is 0 Å². The molecule has 70 valence electrons. The average Bonchev–Trinajstić information content (AvgIpc) is 2.04. The van der Waals surface area contributed by atoms with E-state index in [-0.39, 0.29) is 0 Å². The van der Waals surface area contributed by atoms with Gasteiger partial charge in [0, 0.05) is 6.54 Å².